The summed E-state index contributed by atoms with van der Waals surface area (Å²) in [5, 5.41) is 9.73. The lowest BCUT2D eigenvalue weighted by Crippen LogP contribution is -2.08. The maximum atomic E-state index is 13.9. The normalized spacial score (nSPS) is 12.0. The van der Waals surface area contributed by atoms with Crippen molar-refractivity contribution in [1.82, 2.24) is 3.97 Å². The molecule has 0 aliphatic rings. The third kappa shape index (κ3) is 4.03. The molecule has 0 saturated carbocycles. The molecular weight excluding hydrogens is 411 g/mol. The number of halogens is 3. The van der Waals surface area contributed by atoms with E-state index in [1.54, 1.807) is 34.3 Å². The molecule has 154 valence electrons. The fraction of sp³-hybridized carbons (Fsp3) is 0.174. The van der Waals surface area contributed by atoms with Crippen LogP contribution in [0, 0.1) is 0 Å². The largest absolute Gasteiger partial charge is 0.481 e. The Hall–Kier alpha value is -2.93. The number of aliphatic carboxylic acids is 1. The van der Waals surface area contributed by atoms with Gasteiger partial charge in [0.05, 0.1) is 23.0 Å². The van der Waals surface area contributed by atoms with E-state index >= 15 is 0 Å². The molecular formula is C23H18F3NO2S. The highest BCUT2D eigenvalue weighted by atomic mass is 32.2. The van der Waals surface area contributed by atoms with Gasteiger partial charge < -0.3 is 5.11 Å². The number of fused-ring (bicyclic) bond motifs is 3. The van der Waals surface area contributed by atoms with Crippen LogP contribution in [0.2, 0.25) is 0 Å². The van der Waals surface area contributed by atoms with Crippen molar-refractivity contribution >= 4 is 39.7 Å². The van der Waals surface area contributed by atoms with Gasteiger partial charge in [0.1, 0.15) is 0 Å². The van der Waals surface area contributed by atoms with Gasteiger partial charge >= 0.3 is 12.1 Å². The van der Waals surface area contributed by atoms with Crippen LogP contribution in [0.3, 0.4) is 0 Å². The lowest BCUT2D eigenvalue weighted by molar-refractivity contribution is -0.138. The molecule has 1 heterocycles. The Morgan fingerprint density at radius 1 is 0.933 bits per heavy atom. The van der Waals surface area contributed by atoms with Gasteiger partial charge in [-0.25, -0.2) is 0 Å². The summed E-state index contributed by atoms with van der Waals surface area (Å²) in [7, 11) is 0. The fourth-order valence-electron chi connectivity index (χ4n) is 3.66. The molecule has 0 spiro atoms. The number of aromatic nitrogens is 1. The van der Waals surface area contributed by atoms with Crippen LogP contribution in [0.25, 0.3) is 21.8 Å². The summed E-state index contributed by atoms with van der Waals surface area (Å²) in [4.78, 5) is 11.2. The van der Waals surface area contributed by atoms with E-state index in [-0.39, 0.29) is 10.9 Å². The maximum Gasteiger partial charge on any atom is 0.417 e. The van der Waals surface area contributed by atoms with Crippen molar-refractivity contribution in [2.75, 3.05) is 5.75 Å². The van der Waals surface area contributed by atoms with Crippen LogP contribution in [0.1, 0.15) is 16.7 Å². The molecule has 0 unspecified atom stereocenters. The van der Waals surface area contributed by atoms with E-state index in [0.29, 0.717) is 22.2 Å². The van der Waals surface area contributed by atoms with Crippen molar-refractivity contribution in [3.63, 3.8) is 0 Å². The molecule has 0 radical (unpaired) electrons. The summed E-state index contributed by atoms with van der Waals surface area (Å²) in [6.45, 7) is 0. The number of carboxylic acid groups (broad SMARTS) is 1. The van der Waals surface area contributed by atoms with E-state index in [2.05, 4.69) is 0 Å². The summed E-state index contributed by atoms with van der Waals surface area (Å²) in [6, 6.07) is 19.4. The molecule has 4 aromatic rings. The third-order valence-corrected chi connectivity index (χ3v) is 5.94. The minimum atomic E-state index is -4.59. The zero-order chi connectivity index (χ0) is 21.3. The molecule has 0 fully saturated rings. The van der Waals surface area contributed by atoms with Gasteiger partial charge in [-0.05, 0) is 47.7 Å². The topological polar surface area (TPSA) is 42.2 Å². The van der Waals surface area contributed by atoms with Crippen LogP contribution in [-0.4, -0.2) is 20.8 Å². The first-order valence-corrected chi connectivity index (χ1v) is 10.3. The SMILES string of the molecule is O=C(O)Cc1cc(C(F)(F)F)c2c3ccccc3n(SCCc3ccccc3)c2c1. The molecule has 0 amide bonds. The number of carboxylic acids is 1. The highest BCUT2D eigenvalue weighted by Crippen LogP contribution is 2.42. The van der Waals surface area contributed by atoms with E-state index in [1.807, 2.05) is 30.3 Å². The summed E-state index contributed by atoms with van der Waals surface area (Å²) in [6.07, 6.45) is -4.29. The summed E-state index contributed by atoms with van der Waals surface area (Å²) in [5.41, 5.74) is 1.56. The van der Waals surface area contributed by atoms with Crippen molar-refractivity contribution in [2.24, 2.45) is 0 Å². The second-order valence-corrected chi connectivity index (χ2v) is 8.02. The van der Waals surface area contributed by atoms with Gasteiger partial charge in [0.15, 0.2) is 0 Å². The predicted octanol–water partition coefficient (Wildman–Crippen LogP) is 6.18. The van der Waals surface area contributed by atoms with Crippen molar-refractivity contribution in [2.45, 2.75) is 19.0 Å². The summed E-state index contributed by atoms with van der Waals surface area (Å²) in [5.74, 6) is -0.496. The average molecular weight is 429 g/mol. The number of nitrogens with zero attached hydrogens (tertiary/aromatic N) is 1. The van der Waals surface area contributed by atoms with Gasteiger partial charge in [-0.1, -0.05) is 48.5 Å². The molecule has 0 saturated heterocycles. The summed E-state index contributed by atoms with van der Waals surface area (Å²) < 4.78 is 43.4. The number of hydrogen-bond donors (Lipinski definition) is 1. The Labute approximate surface area is 175 Å². The number of benzene rings is 3. The first-order chi connectivity index (χ1) is 14.3. The fourth-order valence-corrected chi connectivity index (χ4v) is 4.75. The monoisotopic (exact) mass is 429 g/mol. The number of rotatable bonds is 6. The Bertz CT molecular complexity index is 1220. The zero-order valence-corrected chi connectivity index (χ0v) is 16.6. The van der Waals surface area contributed by atoms with Crippen LogP contribution >= 0.6 is 11.9 Å². The van der Waals surface area contributed by atoms with E-state index in [9.17, 15) is 18.0 Å². The minimum Gasteiger partial charge on any atom is -0.481 e. The minimum absolute atomic E-state index is 0.111. The molecule has 1 aromatic heterocycles. The Kier molecular flexibility index (Phi) is 5.47. The summed E-state index contributed by atoms with van der Waals surface area (Å²) >= 11 is 1.43. The van der Waals surface area contributed by atoms with E-state index in [0.717, 1.165) is 18.1 Å². The highest BCUT2D eigenvalue weighted by Gasteiger charge is 2.35. The molecule has 7 heteroatoms. The Morgan fingerprint density at radius 2 is 1.63 bits per heavy atom. The lowest BCUT2D eigenvalue weighted by Gasteiger charge is -2.12. The number of alkyl halides is 3. The van der Waals surface area contributed by atoms with Gasteiger partial charge in [0.2, 0.25) is 0 Å². The quantitative estimate of drug-likeness (QED) is 0.398. The lowest BCUT2D eigenvalue weighted by atomic mass is 10.0. The van der Waals surface area contributed by atoms with Crippen LogP contribution in [0.4, 0.5) is 13.2 Å². The number of carbonyl (C=O) groups is 1. The standard InChI is InChI=1S/C23H18F3NO2S/c24-23(25,26)18-12-16(14-21(28)29)13-20-22(18)17-8-4-5-9-19(17)27(20)30-11-10-15-6-2-1-3-7-15/h1-9,12-13H,10-11,14H2,(H,28,29). The van der Waals surface area contributed by atoms with Gasteiger partial charge in [-0.15, -0.1) is 0 Å². The van der Waals surface area contributed by atoms with Crippen LogP contribution in [0.5, 0.6) is 0 Å². The van der Waals surface area contributed by atoms with Crippen molar-refractivity contribution in [1.29, 1.82) is 0 Å². The average Bonchev–Trinajstić information content (AvgIpc) is 3.01. The second-order valence-electron chi connectivity index (χ2n) is 6.99. The number of aryl methyl sites for hydroxylation is 1. The molecule has 0 bridgehead atoms. The van der Waals surface area contributed by atoms with Gasteiger partial charge in [0.25, 0.3) is 0 Å². The van der Waals surface area contributed by atoms with Crippen molar-refractivity contribution in [3.05, 3.63) is 83.4 Å². The van der Waals surface area contributed by atoms with Crippen molar-refractivity contribution in [3.8, 4) is 0 Å². The maximum absolute atomic E-state index is 13.9. The Morgan fingerprint density at radius 3 is 2.33 bits per heavy atom. The van der Waals surface area contributed by atoms with E-state index in [1.165, 1.54) is 11.9 Å². The first-order valence-electron chi connectivity index (χ1n) is 9.37. The van der Waals surface area contributed by atoms with Crippen LogP contribution < -0.4 is 0 Å². The number of para-hydroxylation sites is 1. The predicted molar refractivity (Wildman–Crippen MR) is 114 cm³/mol. The van der Waals surface area contributed by atoms with Gasteiger partial charge in [0, 0.05) is 16.5 Å². The molecule has 0 aliphatic heterocycles. The highest BCUT2D eigenvalue weighted by molar-refractivity contribution is 7.98. The van der Waals surface area contributed by atoms with Gasteiger partial charge in [-0.3, -0.25) is 8.77 Å². The Balaban J connectivity index is 1.85. The van der Waals surface area contributed by atoms with Crippen LogP contribution in [0.15, 0.2) is 66.7 Å². The number of hydrogen-bond acceptors (Lipinski definition) is 2. The van der Waals surface area contributed by atoms with E-state index in [4.69, 9.17) is 5.11 Å². The van der Waals surface area contributed by atoms with Gasteiger partial charge in [-0.2, -0.15) is 13.2 Å². The smallest absolute Gasteiger partial charge is 0.417 e. The third-order valence-electron chi connectivity index (χ3n) is 4.90. The molecule has 0 atom stereocenters. The molecule has 3 nitrogen and oxygen atoms in total. The molecule has 30 heavy (non-hydrogen) atoms. The van der Waals surface area contributed by atoms with Crippen LogP contribution in [-0.2, 0) is 23.8 Å². The molecule has 1 N–H and O–H groups in total. The second kappa shape index (κ2) is 8.07. The molecule has 4 rings (SSSR count). The van der Waals surface area contributed by atoms with E-state index < -0.39 is 24.1 Å². The molecule has 3 aromatic carbocycles. The molecule has 0 aliphatic carbocycles. The first kappa shape index (κ1) is 20.3. The van der Waals surface area contributed by atoms with Crippen molar-refractivity contribution < 1.29 is 23.1 Å². The zero-order valence-electron chi connectivity index (χ0n) is 15.8.